The van der Waals surface area contributed by atoms with Crippen molar-refractivity contribution in [3.63, 3.8) is 0 Å². The zero-order chi connectivity index (χ0) is 14.4. The van der Waals surface area contributed by atoms with Gasteiger partial charge in [0.15, 0.2) is 0 Å². The molecule has 0 aliphatic carbocycles. The molecule has 4 heteroatoms. The lowest BCUT2D eigenvalue weighted by Gasteiger charge is -2.15. The van der Waals surface area contributed by atoms with E-state index in [1.165, 1.54) is 4.90 Å². The number of ether oxygens (including phenoxy) is 1. The molecule has 0 fully saturated rings. The summed E-state index contributed by atoms with van der Waals surface area (Å²) in [4.78, 5) is 1.19. The predicted molar refractivity (Wildman–Crippen MR) is 88.1 cm³/mol. The average Bonchev–Trinajstić information content (AvgIpc) is 2.48. The number of anilines is 3. The number of rotatable bonds is 6. The highest BCUT2D eigenvalue weighted by Crippen LogP contribution is 2.34. The van der Waals surface area contributed by atoms with Crippen molar-refractivity contribution >= 4 is 28.8 Å². The molecule has 0 heterocycles. The van der Waals surface area contributed by atoms with Crippen LogP contribution in [0.5, 0.6) is 5.75 Å². The Balaban J connectivity index is 2.25. The molecule has 0 radical (unpaired) electrons. The van der Waals surface area contributed by atoms with Crippen molar-refractivity contribution in [2.45, 2.75) is 18.2 Å². The van der Waals surface area contributed by atoms with Crippen LogP contribution in [0.2, 0.25) is 0 Å². The molecule has 106 valence electrons. The molecule has 2 rings (SSSR count). The Kier molecular flexibility index (Phi) is 5.18. The van der Waals surface area contributed by atoms with Crippen molar-refractivity contribution in [3.05, 3.63) is 42.5 Å². The number of thioether (sulfide) groups is 1. The molecular weight excluding hydrogens is 268 g/mol. The van der Waals surface area contributed by atoms with Gasteiger partial charge in [0, 0.05) is 4.90 Å². The van der Waals surface area contributed by atoms with Crippen molar-refractivity contribution in [1.29, 1.82) is 0 Å². The van der Waals surface area contributed by atoms with Crippen LogP contribution in [-0.2, 0) is 0 Å². The lowest BCUT2D eigenvalue weighted by molar-refractivity contribution is 0.319. The van der Waals surface area contributed by atoms with E-state index < -0.39 is 0 Å². The van der Waals surface area contributed by atoms with Crippen LogP contribution in [0.15, 0.2) is 47.4 Å². The Bertz CT molecular complexity index is 572. The van der Waals surface area contributed by atoms with Gasteiger partial charge in [0.05, 0.1) is 23.7 Å². The van der Waals surface area contributed by atoms with Crippen molar-refractivity contribution in [2.75, 3.05) is 23.9 Å². The molecule has 2 aromatic rings. The summed E-state index contributed by atoms with van der Waals surface area (Å²) in [5.74, 6) is 0.735. The minimum atomic E-state index is 0.650. The standard InChI is InChI=1S/C16H20N2OS/c1-3-11-19-14-9-6-8-13(16(14)17)18-12-7-4-5-10-15(12)20-2/h4-10,18H,3,11,17H2,1-2H3. The summed E-state index contributed by atoms with van der Waals surface area (Å²) in [5, 5.41) is 3.38. The largest absolute Gasteiger partial charge is 0.491 e. The first-order valence-corrected chi connectivity index (χ1v) is 7.90. The maximum Gasteiger partial charge on any atom is 0.144 e. The molecular formula is C16H20N2OS. The second kappa shape index (κ2) is 7.10. The Hall–Kier alpha value is -1.81. The number of nitrogens with two attached hydrogens (primary N) is 1. The van der Waals surface area contributed by atoms with Gasteiger partial charge in [-0.15, -0.1) is 11.8 Å². The third-order valence-corrected chi connectivity index (χ3v) is 3.70. The summed E-state index contributed by atoms with van der Waals surface area (Å²) in [6.45, 7) is 2.75. The van der Waals surface area contributed by atoms with E-state index in [9.17, 15) is 0 Å². The van der Waals surface area contributed by atoms with Crippen molar-refractivity contribution < 1.29 is 4.74 Å². The Morgan fingerprint density at radius 2 is 1.85 bits per heavy atom. The molecule has 2 aromatic carbocycles. The van der Waals surface area contributed by atoms with Gasteiger partial charge in [0.1, 0.15) is 5.75 Å². The first kappa shape index (κ1) is 14.6. The lowest BCUT2D eigenvalue weighted by Crippen LogP contribution is -2.02. The molecule has 0 saturated carbocycles. The van der Waals surface area contributed by atoms with Gasteiger partial charge in [-0.25, -0.2) is 0 Å². The molecule has 0 unspecified atom stereocenters. The second-order valence-corrected chi connectivity index (χ2v) is 5.24. The monoisotopic (exact) mass is 288 g/mol. The van der Waals surface area contributed by atoms with Gasteiger partial charge in [-0.3, -0.25) is 0 Å². The third-order valence-electron chi connectivity index (χ3n) is 2.90. The Morgan fingerprint density at radius 3 is 2.60 bits per heavy atom. The van der Waals surface area contributed by atoms with Crippen LogP contribution in [-0.4, -0.2) is 12.9 Å². The van der Waals surface area contributed by atoms with E-state index in [1.807, 2.05) is 36.4 Å². The van der Waals surface area contributed by atoms with Gasteiger partial charge in [-0.1, -0.05) is 25.1 Å². The third kappa shape index (κ3) is 3.39. The van der Waals surface area contributed by atoms with E-state index in [-0.39, 0.29) is 0 Å². The maximum atomic E-state index is 6.17. The van der Waals surface area contributed by atoms with Crippen LogP contribution < -0.4 is 15.8 Å². The summed E-state index contributed by atoms with van der Waals surface area (Å²) in [6.07, 6.45) is 3.02. The molecule has 0 aromatic heterocycles. The summed E-state index contributed by atoms with van der Waals surface area (Å²) in [6, 6.07) is 14.0. The predicted octanol–water partition coefficient (Wildman–Crippen LogP) is 4.52. The summed E-state index contributed by atoms with van der Waals surface area (Å²) >= 11 is 1.70. The summed E-state index contributed by atoms with van der Waals surface area (Å²) in [5.41, 5.74) is 8.75. The van der Waals surface area contributed by atoms with E-state index in [1.54, 1.807) is 11.8 Å². The van der Waals surface area contributed by atoms with Crippen LogP contribution >= 0.6 is 11.8 Å². The fraction of sp³-hybridized carbons (Fsp3) is 0.250. The van der Waals surface area contributed by atoms with Gasteiger partial charge >= 0.3 is 0 Å². The zero-order valence-electron chi connectivity index (χ0n) is 11.8. The number of para-hydroxylation sites is 2. The van der Waals surface area contributed by atoms with Gasteiger partial charge in [0.25, 0.3) is 0 Å². The second-order valence-electron chi connectivity index (χ2n) is 4.39. The van der Waals surface area contributed by atoms with Crippen LogP contribution in [0.3, 0.4) is 0 Å². The topological polar surface area (TPSA) is 47.3 Å². The van der Waals surface area contributed by atoms with Crippen molar-refractivity contribution in [1.82, 2.24) is 0 Å². The SMILES string of the molecule is CCCOc1cccc(Nc2ccccc2SC)c1N. The van der Waals surface area contributed by atoms with Gasteiger partial charge in [-0.05, 0) is 36.9 Å². The number of hydrogen-bond acceptors (Lipinski definition) is 4. The maximum absolute atomic E-state index is 6.17. The quantitative estimate of drug-likeness (QED) is 0.606. The molecule has 20 heavy (non-hydrogen) atoms. The first-order chi connectivity index (χ1) is 9.76. The summed E-state index contributed by atoms with van der Waals surface area (Å²) < 4.78 is 5.65. The zero-order valence-corrected chi connectivity index (χ0v) is 12.7. The van der Waals surface area contributed by atoms with E-state index in [2.05, 4.69) is 24.6 Å². The molecule has 0 atom stereocenters. The molecule has 0 aliphatic rings. The van der Waals surface area contributed by atoms with Crippen LogP contribution in [0.25, 0.3) is 0 Å². The van der Waals surface area contributed by atoms with Gasteiger partial charge in [0.2, 0.25) is 0 Å². The minimum absolute atomic E-state index is 0.650. The number of nitrogens with one attached hydrogen (secondary N) is 1. The van der Waals surface area contributed by atoms with Crippen molar-refractivity contribution in [3.8, 4) is 5.75 Å². The fourth-order valence-corrected chi connectivity index (χ4v) is 2.44. The summed E-state index contributed by atoms with van der Waals surface area (Å²) in [7, 11) is 0. The van der Waals surface area contributed by atoms with E-state index >= 15 is 0 Å². The first-order valence-electron chi connectivity index (χ1n) is 6.67. The van der Waals surface area contributed by atoms with E-state index in [4.69, 9.17) is 10.5 Å². The molecule has 0 saturated heterocycles. The van der Waals surface area contributed by atoms with Gasteiger partial charge in [-0.2, -0.15) is 0 Å². The fourth-order valence-electron chi connectivity index (χ4n) is 1.88. The number of nitrogen functional groups attached to an aromatic ring is 1. The minimum Gasteiger partial charge on any atom is -0.491 e. The number of benzene rings is 2. The lowest BCUT2D eigenvalue weighted by atomic mass is 10.2. The molecule has 3 nitrogen and oxygen atoms in total. The van der Waals surface area contributed by atoms with E-state index in [0.717, 1.165) is 23.5 Å². The highest BCUT2D eigenvalue weighted by Gasteiger charge is 2.08. The molecule has 0 amide bonds. The highest BCUT2D eigenvalue weighted by atomic mass is 32.2. The van der Waals surface area contributed by atoms with Crippen LogP contribution in [0, 0.1) is 0 Å². The molecule has 0 aliphatic heterocycles. The molecule has 0 spiro atoms. The molecule has 0 bridgehead atoms. The van der Waals surface area contributed by atoms with E-state index in [0.29, 0.717) is 12.3 Å². The van der Waals surface area contributed by atoms with Crippen LogP contribution in [0.1, 0.15) is 13.3 Å². The number of hydrogen-bond donors (Lipinski definition) is 2. The van der Waals surface area contributed by atoms with Crippen LogP contribution in [0.4, 0.5) is 17.1 Å². The highest BCUT2D eigenvalue weighted by molar-refractivity contribution is 7.98. The van der Waals surface area contributed by atoms with Crippen molar-refractivity contribution in [2.24, 2.45) is 0 Å². The molecule has 3 N–H and O–H groups in total. The normalized spacial score (nSPS) is 10.3. The average molecular weight is 288 g/mol. The van der Waals surface area contributed by atoms with Gasteiger partial charge < -0.3 is 15.8 Å². The smallest absolute Gasteiger partial charge is 0.144 e. The Morgan fingerprint density at radius 1 is 1.10 bits per heavy atom. The Labute approximate surface area is 124 Å².